The molecule has 6 heterocycles. The summed E-state index contributed by atoms with van der Waals surface area (Å²) in [4.78, 5) is 25.4. The quantitative estimate of drug-likeness (QED) is 0.205. The van der Waals surface area contributed by atoms with Crippen molar-refractivity contribution in [2.75, 3.05) is 39.9 Å². The second kappa shape index (κ2) is 16.8. The Morgan fingerprint density at radius 3 is 2.58 bits per heavy atom. The molecule has 4 fully saturated rings. The number of rotatable bonds is 5. The Bertz CT molecular complexity index is 1940. The van der Waals surface area contributed by atoms with Crippen LogP contribution in [-0.2, 0) is 17.6 Å². The van der Waals surface area contributed by atoms with Crippen molar-refractivity contribution in [2.24, 2.45) is 11.8 Å². The number of halogens is 2. The molecule has 0 radical (unpaired) electrons. The molecule has 2 bridgehead atoms. The highest BCUT2D eigenvalue weighted by atomic mass is 35.5. The highest BCUT2D eigenvalue weighted by Crippen LogP contribution is 2.42. The highest BCUT2D eigenvalue weighted by molar-refractivity contribution is 6.30. The summed E-state index contributed by atoms with van der Waals surface area (Å²) in [5.74, 6) is 2.01. The zero-order chi connectivity index (χ0) is 35.5. The molecule has 1 aliphatic carbocycles. The Hall–Kier alpha value is -3.95. The van der Waals surface area contributed by atoms with E-state index in [-0.39, 0.29) is 24.5 Å². The van der Waals surface area contributed by atoms with Crippen LogP contribution in [0.2, 0.25) is 5.02 Å². The molecule has 0 spiro atoms. The molecule has 2 unspecified atom stereocenters. The van der Waals surface area contributed by atoms with Gasteiger partial charge in [0.1, 0.15) is 5.75 Å². The number of fused-ring (bicyclic) bond motifs is 6. The third kappa shape index (κ3) is 7.72. The summed E-state index contributed by atoms with van der Waals surface area (Å²) in [6.45, 7) is 9.69. The van der Waals surface area contributed by atoms with Crippen molar-refractivity contribution in [3.05, 3.63) is 118 Å². The van der Waals surface area contributed by atoms with Crippen LogP contribution in [0.4, 0.5) is 4.79 Å². The van der Waals surface area contributed by atoms with Crippen molar-refractivity contribution in [1.29, 1.82) is 0 Å². The molecule has 2 aromatic carbocycles. The normalized spacial score (nSPS) is 22.5. The lowest BCUT2D eigenvalue weighted by atomic mass is 9.73. The number of likely N-dealkylation sites (tertiary alicyclic amines) is 1. The van der Waals surface area contributed by atoms with E-state index in [1.54, 1.807) is 18.2 Å². The number of carbonyl (C=O) groups excluding carboxylic acids is 1. The second-order valence-electron chi connectivity index (χ2n) is 14.0. The van der Waals surface area contributed by atoms with Gasteiger partial charge in [-0.2, -0.15) is 0 Å². The summed E-state index contributed by atoms with van der Waals surface area (Å²) >= 11 is 6.27. The molecule has 4 saturated heterocycles. The molecule has 274 valence electrons. The smallest absolute Gasteiger partial charge is 0.409 e. The van der Waals surface area contributed by atoms with Crippen LogP contribution in [0.15, 0.2) is 85.2 Å². The minimum absolute atomic E-state index is 0. The lowest BCUT2D eigenvalue weighted by molar-refractivity contribution is -0.0444. The van der Waals surface area contributed by atoms with Crippen molar-refractivity contribution >= 4 is 46.6 Å². The molecular formula is C42H48Cl2N4O4. The molecule has 4 aliphatic heterocycles. The lowest BCUT2D eigenvalue weighted by Gasteiger charge is -2.50. The summed E-state index contributed by atoms with van der Waals surface area (Å²) < 4.78 is 10.5. The zero-order valence-corrected chi connectivity index (χ0v) is 31.5. The van der Waals surface area contributed by atoms with Crippen molar-refractivity contribution in [2.45, 2.75) is 57.6 Å². The average molecular weight is 744 g/mol. The van der Waals surface area contributed by atoms with E-state index < -0.39 is 6.10 Å². The number of ether oxygens (including phenoxy) is 2. The first kappa shape index (κ1) is 37.8. The Kier molecular flexibility index (Phi) is 12.2. The number of piperidine rings is 4. The summed E-state index contributed by atoms with van der Waals surface area (Å²) in [6, 6.07) is 18.3. The van der Waals surface area contributed by atoms with Crippen molar-refractivity contribution in [3.8, 4) is 5.75 Å². The van der Waals surface area contributed by atoms with Gasteiger partial charge in [-0.1, -0.05) is 35.4 Å². The maximum atomic E-state index is 12.0. The average Bonchev–Trinajstić information content (AvgIpc) is 3.34. The van der Waals surface area contributed by atoms with Gasteiger partial charge < -0.3 is 19.5 Å². The van der Waals surface area contributed by atoms with Gasteiger partial charge in [-0.05, 0) is 129 Å². The Morgan fingerprint density at radius 1 is 1.04 bits per heavy atom. The third-order valence-corrected chi connectivity index (χ3v) is 11.4. The Balaban J connectivity index is 0.000000176. The number of carbonyl (C=O) groups is 1. The molecule has 8 nitrogen and oxygen atoms in total. The van der Waals surface area contributed by atoms with Crippen molar-refractivity contribution < 1.29 is 19.4 Å². The maximum absolute atomic E-state index is 12.0. The van der Waals surface area contributed by atoms with E-state index in [0.29, 0.717) is 31.5 Å². The number of pyridine rings is 2. The van der Waals surface area contributed by atoms with Gasteiger partial charge in [-0.3, -0.25) is 14.9 Å². The van der Waals surface area contributed by atoms with E-state index in [2.05, 4.69) is 40.7 Å². The van der Waals surface area contributed by atoms with Crippen LogP contribution in [0.25, 0.3) is 16.5 Å². The topological polar surface area (TPSA) is 88.0 Å². The van der Waals surface area contributed by atoms with E-state index in [1.807, 2.05) is 49.5 Å². The predicted molar refractivity (Wildman–Crippen MR) is 209 cm³/mol. The van der Waals surface area contributed by atoms with E-state index in [1.165, 1.54) is 34.3 Å². The maximum Gasteiger partial charge on any atom is 0.409 e. The summed E-state index contributed by atoms with van der Waals surface area (Å²) in [7, 11) is 1.66. The van der Waals surface area contributed by atoms with Gasteiger partial charge in [0, 0.05) is 54.1 Å². The largest absolute Gasteiger partial charge is 0.497 e. The van der Waals surface area contributed by atoms with E-state index in [0.717, 1.165) is 78.1 Å². The standard InChI is InChI=1S/C22H23ClN2O2.C20H24N2O2.ClH/c1-2-27-22(26)25-12-9-15(10-13-25)20-19-8-7-18(23)14-17(19)6-5-16-4-3-11-24-21(16)20;1-3-13-12-22-9-7-14(13)10-19(22)20(23)16-6-8-21-18-5-4-15(24-2)11-17(16)18;/h3-4,7-8,11,14H,2,5-6,9-10,12-13H2,1H3;3-6,8,11,13-14,19-20,23H,1,7,9-10,12H2,2H3;1H/t;13-,14?,19+,20-;/m.1./s1. The van der Waals surface area contributed by atoms with E-state index >= 15 is 0 Å². The van der Waals surface area contributed by atoms with Crippen LogP contribution in [0.3, 0.4) is 0 Å². The molecule has 1 N–H and O–H groups in total. The molecule has 9 rings (SSSR count). The molecule has 4 aromatic rings. The van der Waals surface area contributed by atoms with Crippen LogP contribution >= 0.6 is 24.0 Å². The number of aromatic nitrogens is 2. The predicted octanol–water partition coefficient (Wildman–Crippen LogP) is 8.48. The van der Waals surface area contributed by atoms with Crippen molar-refractivity contribution in [1.82, 2.24) is 19.8 Å². The summed E-state index contributed by atoms with van der Waals surface area (Å²) in [6.07, 6.45) is 10.9. The molecule has 1 amide bonds. The third-order valence-electron chi connectivity index (χ3n) is 11.2. The fourth-order valence-corrected chi connectivity index (χ4v) is 8.70. The number of methoxy groups -OCH3 is 1. The second-order valence-corrected chi connectivity index (χ2v) is 14.4. The van der Waals surface area contributed by atoms with Crippen LogP contribution in [0.1, 0.15) is 66.7 Å². The van der Waals surface area contributed by atoms with E-state index in [9.17, 15) is 9.90 Å². The van der Waals surface area contributed by atoms with Gasteiger partial charge in [-0.25, -0.2) is 4.79 Å². The van der Waals surface area contributed by atoms with Crippen LogP contribution in [-0.4, -0.2) is 76.9 Å². The summed E-state index contributed by atoms with van der Waals surface area (Å²) in [5, 5.41) is 12.9. The Labute approximate surface area is 317 Å². The molecule has 10 heteroatoms. The molecule has 2 aromatic heterocycles. The number of nitrogens with zero attached hydrogens (tertiary/aromatic N) is 4. The Morgan fingerprint density at radius 2 is 1.85 bits per heavy atom. The first-order valence-electron chi connectivity index (χ1n) is 18.2. The molecular weight excluding hydrogens is 695 g/mol. The van der Waals surface area contributed by atoms with Crippen LogP contribution < -0.4 is 4.74 Å². The molecule has 52 heavy (non-hydrogen) atoms. The van der Waals surface area contributed by atoms with Crippen LogP contribution in [0, 0.1) is 11.8 Å². The number of aliphatic hydroxyl groups is 1. The van der Waals surface area contributed by atoms with Gasteiger partial charge in [0.25, 0.3) is 0 Å². The molecule has 0 saturated carbocycles. The number of hydrogen-bond acceptors (Lipinski definition) is 7. The van der Waals surface area contributed by atoms with Gasteiger partial charge in [0.15, 0.2) is 0 Å². The van der Waals surface area contributed by atoms with E-state index in [4.69, 9.17) is 26.1 Å². The number of aryl methyl sites for hydroxylation is 2. The molecule has 5 atom stereocenters. The zero-order valence-electron chi connectivity index (χ0n) is 30.0. The minimum atomic E-state index is -0.504. The number of aliphatic hydroxyl groups excluding tert-OH is 1. The van der Waals surface area contributed by atoms with Gasteiger partial charge in [0.05, 0.1) is 31.0 Å². The van der Waals surface area contributed by atoms with Gasteiger partial charge in [-0.15, -0.1) is 19.0 Å². The first-order valence-corrected chi connectivity index (χ1v) is 18.6. The number of hydrogen-bond donors (Lipinski definition) is 1. The minimum Gasteiger partial charge on any atom is -0.497 e. The molecule has 5 aliphatic rings. The fourth-order valence-electron chi connectivity index (χ4n) is 8.50. The monoisotopic (exact) mass is 742 g/mol. The lowest BCUT2D eigenvalue weighted by Crippen LogP contribution is -2.54. The number of amides is 1. The van der Waals surface area contributed by atoms with Crippen LogP contribution in [0.5, 0.6) is 5.75 Å². The van der Waals surface area contributed by atoms with Gasteiger partial charge >= 0.3 is 6.09 Å². The SMILES string of the molecule is C=C[C@@H]1CN2CCC1C[C@H]2[C@H](O)c1ccnc2ccc(OC)cc12.CCOC(=O)N1CCC(=C2c3ccc(Cl)cc3CCc3cccnc32)CC1.Cl. The van der Waals surface area contributed by atoms with Crippen molar-refractivity contribution in [3.63, 3.8) is 0 Å². The fraction of sp³-hybridized carbons (Fsp3) is 0.405. The number of benzene rings is 2. The summed E-state index contributed by atoms with van der Waals surface area (Å²) in [5.41, 5.74) is 9.31. The highest BCUT2D eigenvalue weighted by Gasteiger charge is 2.42. The van der Waals surface area contributed by atoms with Gasteiger partial charge in [0.2, 0.25) is 0 Å². The first-order chi connectivity index (χ1) is 24.9.